The molecule has 0 unspecified atom stereocenters. The Morgan fingerprint density at radius 3 is 2.48 bits per heavy atom. The van der Waals surface area contributed by atoms with Crippen molar-refractivity contribution in [2.45, 2.75) is 13.8 Å². The number of aromatic nitrogens is 5. The van der Waals surface area contributed by atoms with Gasteiger partial charge in [-0.15, -0.1) is 10.2 Å². The first-order valence-corrected chi connectivity index (χ1v) is 8.22. The van der Waals surface area contributed by atoms with Crippen molar-refractivity contribution in [2.75, 3.05) is 21.2 Å². The fraction of sp³-hybridized carbons (Fsp3) is 0.278. The summed E-state index contributed by atoms with van der Waals surface area (Å²) in [6, 6.07) is 3.22. The summed E-state index contributed by atoms with van der Waals surface area (Å²) in [5, 5.41) is 8.25. The Bertz CT molecular complexity index is 1090. The van der Waals surface area contributed by atoms with Gasteiger partial charge in [0.15, 0.2) is 0 Å². The molecule has 0 radical (unpaired) electrons. The zero-order chi connectivity index (χ0) is 19.7. The number of hydrogen-bond acceptors (Lipinski definition) is 7. The molecule has 0 saturated carbocycles. The van der Waals surface area contributed by atoms with E-state index in [9.17, 15) is 9.59 Å². The molecular weight excluding hydrogens is 348 g/mol. The van der Waals surface area contributed by atoms with Crippen molar-refractivity contribution in [2.24, 2.45) is 0 Å². The highest BCUT2D eigenvalue weighted by Gasteiger charge is 2.17. The van der Waals surface area contributed by atoms with E-state index in [-0.39, 0.29) is 11.1 Å². The maximum absolute atomic E-state index is 13.0. The van der Waals surface area contributed by atoms with E-state index in [2.05, 4.69) is 15.2 Å². The largest absolute Gasteiger partial charge is 0.465 e. The van der Waals surface area contributed by atoms with Crippen LogP contribution >= 0.6 is 0 Å². The van der Waals surface area contributed by atoms with E-state index in [1.165, 1.54) is 17.9 Å². The minimum atomic E-state index is -0.561. The molecule has 0 saturated heterocycles. The summed E-state index contributed by atoms with van der Waals surface area (Å²) in [5.74, 6) is 0.579. The number of hydrogen-bond donors (Lipinski definition) is 0. The number of nitrogens with zero attached hydrogens (tertiary/aromatic N) is 6. The Morgan fingerprint density at radius 1 is 1.22 bits per heavy atom. The average molecular weight is 368 g/mol. The van der Waals surface area contributed by atoms with Crippen LogP contribution in [0.25, 0.3) is 17.0 Å². The van der Waals surface area contributed by atoms with Crippen LogP contribution in [0.5, 0.6) is 0 Å². The molecule has 0 aliphatic carbocycles. The molecule has 9 nitrogen and oxygen atoms in total. The Balaban J connectivity index is 2.28. The van der Waals surface area contributed by atoms with Gasteiger partial charge >= 0.3 is 5.97 Å². The monoisotopic (exact) mass is 368 g/mol. The quantitative estimate of drug-likeness (QED) is 0.639. The lowest BCUT2D eigenvalue weighted by Gasteiger charge is -2.12. The van der Waals surface area contributed by atoms with Gasteiger partial charge in [0.2, 0.25) is 0 Å². The van der Waals surface area contributed by atoms with Crippen LogP contribution in [0.3, 0.4) is 0 Å². The number of rotatable bonds is 4. The third kappa shape index (κ3) is 3.31. The van der Waals surface area contributed by atoms with Crippen LogP contribution in [0, 0.1) is 13.8 Å². The number of esters is 1. The normalized spacial score (nSPS) is 11.3. The highest BCUT2D eigenvalue weighted by molar-refractivity contribution is 5.97. The van der Waals surface area contributed by atoms with Crippen molar-refractivity contribution < 1.29 is 9.53 Å². The number of aryl methyl sites for hydroxylation is 2. The highest BCUT2D eigenvalue weighted by Crippen LogP contribution is 2.17. The molecule has 0 aliphatic heterocycles. The van der Waals surface area contributed by atoms with Gasteiger partial charge in [-0.3, -0.25) is 4.79 Å². The lowest BCUT2D eigenvalue weighted by Crippen LogP contribution is -2.28. The zero-order valence-corrected chi connectivity index (χ0v) is 15.8. The van der Waals surface area contributed by atoms with Crippen molar-refractivity contribution in [1.29, 1.82) is 0 Å². The molecule has 3 aromatic rings. The standard InChI is InChI=1S/C18H20N6O3/c1-11-20-21-12(2)24(11)23-9-7-15-13(17(23)25)10-14(18(26)27-5)16(19-15)6-8-22(3)4/h6-10H,1-5H3/b8-6+. The summed E-state index contributed by atoms with van der Waals surface area (Å²) in [6.07, 6.45) is 5.08. The molecule has 0 bridgehead atoms. The number of ether oxygens (including phenoxy) is 1. The zero-order valence-electron chi connectivity index (χ0n) is 15.8. The molecule has 3 aromatic heterocycles. The first kappa shape index (κ1) is 18.3. The number of carbonyl (C=O) groups is 1. The molecule has 0 amide bonds. The molecule has 0 aliphatic rings. The summed E-state index contributed by atoms with van der Waals surface area (Å²) in [7, 11) is 5.01. The SMILES string of the molecule is COC(=O)c1cc2c(=O)n(-n3c(C)nnc3C)ccc2nc1/C=C/N(C)C. The Labute approximate surface area is 155 Å². The lowest BCUT2D eigenvalue weighted by atomic mass is 10.1. The van der Waals surface area contributed by atoms with Crippen molar-refractivity contribution in [1.82, 2.24) is 29.4 Å². The molecule has 3 rings (SSSR count). The van der Waals surface area contributed by atoms with Gasteiger partial charge in [-0.2, -0.15) is 0 Å². The van der Waals surface area contributed by atoms with E-state index in [4.69, 9.17) is 4.74 Å². The third-order valence-corrected chi connectivity index (χ3v) is 4.00. The van der Waals surface area contributed by atoms with E-state index in [1.54, 1.807) is 43.1 Å². The van der Waals surface area contributed by atoms with E-state index in [0.29, 0.717) is 28.2 Å². The second kappa shape index (κ2) is 7.02. The van der Waals surface area contributed by atoms with E-state index in [1.807, 2.05) is 19.0 Å². The molecule has 27 heavy (non-hydrogen) atoms. The van der Waals surface area contributed by atoms with Gasteiger partial charge in [-0.25, -0.2) is 19.1 Å². The molecule has 0 atom stereocenters. The first-order chi connectivity index (χ1) is 12.8. The third-order valence-electron chi connectivity index (χ3n) is 4.00. The Hall–Kier alpha value is -3.49. The first-order valence-electron chi connectivity index (χ1n) is 8.22. The molecular formula is C18H20N6O3. The van der Waals surface area contributed by atoms with Crippen LogP contribution in [-0.4, -0.2) is 56.6 Å². The van der Waals surface area contributed by atoms with Gasteiger partial charge in [0.1, 0.15) is 11.6 Å². The minimum Gasteiger partial charge on any atom is -0.465 e. The second-order valence-electron chi connectivity index (χ2n) is 6.20. The van der Waals surface area contributed by atoms with Crippen LogP contribution in [0.15, 0.2) is 29.3 Å². The van der Waals surface area contributed by atoms with Crippen LogP contribution in [0.1, 0.15) is 27.7 Å². The molecule has 140 valence electrons. The fourth-order valence-corrected chi connectivity index (χ4v) is 2.73. The number of fused-ring (bicyclic) bond motifs is 1. The summed E-state index contributed by atoms with van der Waals surface area (Å²) in [5.41, 5.74) is 0.789. The molecule has 3 heterocycles. The van der Waals surface area contributed by atoms with Gasteiger partial charge in [0.05, 0.1) is 29.3 Å². The average Bonchev–Trinajstić information content (AvgIpc) is 2.97. The minimum absolute atomic E-state index is 0.218. The van der Waals surface area contributed by atoms with Crippen molar-refractivity contribution in [3.05, 3.63) is 57.8 Å². The van der Waals surface area contributed by atoms with Gasteiger partial charge in [0, 0.05) is 26.5 Å². The smallest absolute Gasteiger partial charge is 0.340 e. The Morgan fingerprint density at radius 2 is 1.89 bits per heavy atom. The molecule has 0 aromatic carbocycles. The fourth-order valence-electron chi connectivity index (χ4n) is 2.73. The number of methoxy groups -OCH3 is 1. The van der Waals surface area contributed by atoms with Gasteiger partial charge in [0.25, 0.3) is 5.56 Å². The predicted octanol–water partition coefficient (Wildman–Crippen LogP) is 1.24. The van der Waals surface area contributed by atoms with Crippen LogP contribution in [0.2, 0.25) is 0 Å². The van der Waals surface area contributed by atoms with Crippen molar-refractivity contribution >= 4 is 22.9 Å². The van der Waals surface area contributed by atoms with Gasteiger partial charge in [-0.05, 0) is 32.1 Å². The van der Waals surface area contributed by atoms with Crippen LogP contribution < -0.4 is 5.56 Å². The summed E-state index contributed by atoms with van der Waals surface area (Å²) < 4.78 is 7.84. The maximum atomic E-state index is 13.0. The lowest BCUT2D eigenvalue weighted by molar-refractivity contribution is 0.0600. The van der Waals surface area contributed by atoms with Gasteiger partial charge in [-0.1, -0.05) is 0 Å². The molecule has 9 heteroatoms. The predicted molar refractivity (Wildman–Crippen MR) is 100 cm³/mol. The van der Waals surface area contributed by atoms with E-state index in [0.717, 1.165) is 0 Å². The Kier molecular flexibility index (Phi) is 4.76. The molecule has 0 spiro atoms. The summed E-state index contributed by atoms with van der Waals surface area (Å²) in [4.78, 5) is 31.6. The number of carbonyl (C=O) groups excluding carboxylic acids is 1. The topological polar surface area (TPSA) is 95.1 Å². The van der Waals surface area contributed by atoms with Gasteiger partial charge < -0.3 is 9.64 Å². The summed E-state index contributed by atoms with van der Waals surface area (Å²) >= 11 is 0. The van der Waals surface area contributed by atoms with Crippen LogP contribution in [-0.2, 0) is 4.74 Å². The van der Waals surface area contributed by atoms with Crippen molar-refractivity contribution in [3.63, 3.8) is 0 Å². The van der Waals surface area contributed by atoms with E-state index >= 15 is 0 Å². The molecule has 0 fully saturated rings. The molecule has 0 N–H and O–H groups in total. The summed E-state index contributed by atoms with van der Waals surface area (Å²) in [6.45, 7) is 3.51. The van der Waals surface area contributed by atoms with Crippen molar-refractivity contribution in [3.8, 4) is 0 Å². The van der Waals surface area contributed by atoms with E-state index < -0.39 is 5.97 Å². The second-order valence-corrected chi connectivity index (χ2v) is 6.20. The maximum Gasteiger partial charge on any atom is 0.340 e. The number of pyridine rings is 2. The van der Waals surface area contributed by atoms with Crippen LogP contribution in [0.4, 0.5) is 0 Å². The highest BCUT2D eigenvalue weighted by atomic mass is 16.5.